The van der Waals surface area contributed by atoms with E-state index in [4.69, 9.17) is 0 Å². The topological polar surface area (TPSA) is 73.8 Å². The smallest absolute Gasteiger partial charge is 0.266 e. The highest BCUT2D eigenvalue weighted by Crippen LogP contribution is 2.24. The van der Waals surface area contributed by atoms with Gasteiger partial charge in [-0.15, -0.1) is 5.10 Å². The molecular formula is C21H27N7O. The minimum Gasteiger partial charge on any atom is -0.298 e. The van der Waals surface area contributed by atoms with E-state index < -0.39 is 0 Å². The van der Waals surface area contributed by atoms with Gasteiger partial charge in [-0.05, 0) is 45.2 Å². The Hall–Kier alpha value is -2.74. The summed E-state index contributed by atoms with van der Waals surface area (Å²) >= 11 is 0. The van der Waals surface area contributed by atoms with E-state index in [0.29, 0.717) is 18.3 Å². The Morgan fingerprint density at radius 3 is 2.79 bits per heavy atom. The zero-order chi connectivity index (χ0) is 20.0. The van der Waals surface area contributed by atoms with Crippen molar-refractivity contribution in [1.29, 1.82) is 0 Å². The van der Waals surface area contributed by atoms with Gasteiger partial charge in [0.2, 0.25) is 0 Å². The van der Waals surface area contributed by atoms with Crippen molar-refractivity contribution in [3.63, 3.8) is 0 Å². The SMILES string of the molecule is Cc1cc(C)n(-c2ccc(=O)n(CC3CN(Cc4cnn5c4CCCC5)C3)n2)n1. The highest BCUT2D eigenvalue weighted by atomic mass is 16.1. The van der Waals surface area contributed by atoms with Crippen LogP contribution in [0.3, 0.4) is 0 Å². The fourth-order valence-electron chi connectivity index (χ4n) is 4.57. The Bertz CT molecular complexity index is 1090. The predicted molar refractivity (Wildman–Crippen MR) is 109 cm³/mol. The predicted octanol–water partition coefficient (Wildman–Crippen LogP) is 1.71. The summed E-state index contributed by atoms with van der Waals surface area (Å²) in [6.45, 7) is 8.59. The molecule has 8 heteroatoms. The summed E-state index contributed by atoms with van der Waals surface area (Å²) < 4.78 is 5.56. The molecule has 5 rings (SSSR count). The number of hydrogen-bond donors (Lipinski definition) is 0. The second kappa shape index (κ2) is 7.26. The molecule has 5 heterocycles. The first-order valence-electron chi connectivity index (χ1n) is 10.4. The summed E-state index contributed by atoms with van der Waals surface area (Å²) in [6, 6.07) is 5.35. The number of rotatable bonds is 5. The average Bonchev–Trinajstić information content (AvgIpc) is 3.24. The van der Waals surface area contributed by atoms with Gasteiger partial charge in [-0.2, -0.15) is 10.2 Å². The number of fused-ring (bicyclic) bond motifs is 1. The van der Waals surface area contributed by atoms with E-state index in [1.165, 1.54) is 24.1 Å². The Balaban J connectivity index is 1.23. The molecule has 2 aliphatic rings. The Kier molecular flexibility index (Phi) is 4.58. The number of likely N-dealkylation sites (tertiary alicyclic amines) is 1. The lowest BCUT2D eigenvalue weighted by molar-refractivity contribution is 0.0762. The monoisotopic (exact) mass is 393 g/mol. The molecule has 152 valence electrons. The molecule has 3 aromatic heterocycles. The van der Waals surface area contributed by atoms with Gasteiger partial charge in [0, 0.05) is 55.1 Å². The maximum Gasteiger partial charge on any atom is 0.266 e. The maximum atomic E-state index is 12.3. The minimum atomic E-state index is -0.0561. The van der Waals surface area contributed by atoms with Crippen LogP contribution >= 0.6 is 0 Å². The van der Waals surface area contributed by atoms with Crippen molar-refractivity contribution in [3.05, 3.63) is 57.4 Å². The molecule has 0 spiro atoms. The summed E-state index contributed by atoms with van der Waals surface area (Å²) in [6.07, 6.45) is 5.68. The van der Waals surface area contributed by atoms with Crippen LogP contribution in [0.2, 0.25) is 0 Å². The third kappa shape index (κ3) is 3.53. The molecular weight excluding hydrogens is 366 g/mol. The van der Waals surface area contributed by atoms with E-state index in [2.05, 4.69) is 24.9 Å². The Labute approximate surface area is 169 Å². The first-order valence-corrected chi connectivity index (χ1v) is 10.4. The van der Waals surface area contributed by atoms with Gasteiger partial charge >= 0.3 is 0 Å². The number of nitrogens with zero attached hydrogens (tertiary/aromatic N) is 7. The largest absolute Gasteiger partial charge is 0.298 e. The fourth-order valence-corrected chi connectivity index (χ4v) is 4.57. The Morgan fingerprint density at radius 1 is 1.14 bits per heavy atom. The van der Waals surface area contributed by atoms with Crippen LogP contribution in [0.15, 0.2) is 29.2 Å². The van der Waals surface area contributed by atoms with E-state index in [-0.39, 0.29) is 5.56 Å². The number of aromatic nitrogens is 6. The van der Waals surface area contributed by atoms with Crippen LogP contribution in [-0.4, -0.2) is 47.3 Å². The lowest BCUT2D eigenvalue weighted by Gasteiger charge is -2.39. The van der Waals surface area contributed by atoms with Gasteiger partial charge in [0.15, 0.2) is 5.82 Å². The highest BCUT2D eigenvalue weighted by molar-refractivity contribution is 5.24. The quantitative estimate of drug-likeness (QED) is 0.660. The van der Waals surface area contributed by atoms with Gasteiger partial charge in [-0.25, -0.2) is 9.36 Å². The molecule has 0 atom stereocenters. The van der Waals surface area contributed by atoms with Crippen molar-refractivity contribution in [1.82, 2.24) is 34.2 Å². The molecule has 0 aliphatic carbocycles. The van der Waals surface area contributed by atoms with Gasteiger partial charge in [0.25, 0.3) is 5.56 Å². The Morgan fingerprint density at radius 2 is 2.00 bits per heavy atom. The first-order chi connectivity index (χ1) is 14.1. The van der Waals surface area contributed by atoms with E-state index in [1.54, 1.807) is 21.5 Å². The molecule has 0 N–H and O–H groups in total. The van der Waals surface area contributed by atoms with Gasteiger partial charge in [0.1, 0.15) is 0 Å². The summed E-state index contributed by atoms with van der Waals surface area (Å²) in [5.74, 6) is 1.14. The van der Waals surface area contributed by atoms with Crippen molar-refractivity contribution in [2.45, 2.75) is 52.7 Å². The summed E-state index contributed by atoms with van der Waals surface area (Å²) in [5, 5.41) is 13.6. The lowest BCUT2D eigenvalue weighted by atomic mass is 9.98. The summed E-state index contributed by atoms with van der Waals surface area (Å²) in [5.41, 5.74) is 4.68. The van der Waals surface area contributed by atoms with E-state index >= 15 is 0 Å². The van der Waals surface area contributed by atoms with Crippen LogP contribution in [0.25, 0.3) is 5.82 Å². The van der Waals surface area contributed by atoms with Crippen LogP contribution in [-0.2, 0) is 26.1 Å². The summed E-state index contributed by atoms with van der Waals surface area (Å²) in [4.78, 5) is 14.8. The fraction of sp³-hybridized carbons (Fsp3) is 0.524. The highest BCUT2D eigenvalue weighted by Gasteiger charge is 2.29. The lowest BCUT2D eigenvalue weighted by Crippen LogP contribution is -2.49. The van der Waals surface area contributed by atoms with Crippen LogP contribution < -0.4 is 5.56 Å². The number of hydrogen-bond acceptors (Lipinski definition) is 5. The molecule has 29 heavy (non-hydrogen) atoms. The normalized spacial score (nSPS) is 17.3. The van der Waals surface area contributed by atoms with Crippen LogP contribution in [0.1, 0.15) is 35.5 Å². The standard InChI is InChI=1S/C21H27N7O/c1-15-9-16(2)28(23-15)20-6-7-21(29)27(24-20)13-17-11-25(12-17)14-18-10-22-26-8-4-3-5-19(18)26/h6-7,9-10,17H,3-5,8,11-14H2,1-2H3. The van der Waals surface area contributed by atoms with E-state index in [0.717, 1.165) is 44.0 Å². The van der Waals surface area contributed by atoms with Gasteiger partial charge in [-0.3, -0.25) is 14.4 Å². The second-order valence-corrected chi connectivity index (χ2v) is 8.41. The molecule has 2 aliphatic heterocycles. The molecule has 0 unspecified atom stereocenters. The van der Waals surface area contributed by atoms with Gasteiger partial charge in [0.05, 0.1) is 18.4 Å². The third-order valence-electron chi connectivity index (χ3n) is 6.01. The van der Waals surface area contributed by atoms with Crippen molar-refractivity contribution < 1.29 is 0 Å². The first kappa shape index (κ1) is 18.3. The second-order valence-electron chi connectivity index (χ2n) is 8.41. The van der Waals surface area contributed by atoms with Gasteiger partial charge in [-0.1, -0.05) is 0 Å². The van der Waals surface area contributed by atoms with E-state index in [1.807, 2.05) is 26.1 Å². The summed E-state index contributed by atoms with van der Waals surface area (Å²) in [7, 11) is 0. The van der Waals surface area contributed by atoms with Crippen LogP contribution in [0.5, 0.6) is 0 Å². The number of aryl methyl sites for hydroxylation is 3. The van der Waals surface area contributed by atoms with Crippen molar-refractivity contribution in [2.75, 3.05) is 13.1 Å². The third-order valence-corrected chi connectivity index (χ3v) is 6.01. The minimum absolute atomic E-state index is 0.0561. The van der Waals surface area contributed by atoms with Crippen LogP contribution in [0.4, 0.5) is 0 Å². The van der Waals surface area contributed by atoms with Gasteiger partial charge < -0.3 is 0 Å². The zero-order valence-corrected chi connectivity index (χ0v) is 17.1. The molecule has 0 bridgehead atoms. The maximum absolute atomic E-state index is 12.3. The van der Waals surface area contributed by atoms with Crippen molar-refractivity contribution >= 4 is 0 Å². The average molecular weight is 393 g/mol. The molecule has 0 aromatic carbocycles. The van der Waals surface area contributed by atoms with E-state index in [9.17, 15) is 4.79 Å². The molecule has 1 saturated heterocycles. The molecule has 3 aromatic rings. The molecule has 0 amide bonds. The van der Waals surface area contributed by atoms with Crippen molar-refractivity contribution in [3.8, 4) is 5.82 Å². The molecule has 0 radical (unpaired) electrons. The van der Waals surface area contributed by atoms with Crippen LogP contribution in [0, 0.1) is 19.8 Å². The molecule has 0 saturated carbocycles. The molecule has 1 fully saturated rings. The van der Waals surface area contributed by atoms with Crippen molar-refractivity contribution in [2.24, 2.45) is 5.92 Å². The molecule has 8 nitrogen and oxygen atoms in total. The zero-order valence-electron chi connectivity index (χ0n) is 17.1.